The van der Waals surface area contributed by atoms with Crippen molar-refractivity contribution in [3.8, 4) is 5.75 Å². The zero-order valence-electron chi connectivity index (χ0n) is 10.8. The lowest BCUT2D eigenvalue weighted by atomic mass is 9.84. The van der Waals surface area contributed by atoms with Crippen LogP contribution in [0.2, 0.25) is 0 Å². The first-order valence-electron chi connectivity index (χ1n) is 6.72. The monoisotopic (exact) mass is 231 g/mol. The van der Waals surface area contributed by atoms with E-state index in [9.17, 15) is 0 Å². The molecule has 0 N–H and O–H groups in total. The molecule has 0 amide bonds. The summed E-state index contributed by atoms with van der Waals surface area (Å²) < 4.78 is 5.32. The molecular weight excluding hydrogens is 210 g/mol. The Morgan fingerprint density at radius 1 is 1.29 bits per heavy atom. The summed E-state index contributed by atoms with van der Waals surface area (Å²) in [7, 11) is 1.75. The Balaban J connectivity index is 1.96. The van der Waals surface area contributed by atoms with E-state index in [1.165, 1.54) is 37.8 Å². The third kappa shape index (κ3) is 1.85. The third-order valence-corrected chi connectivity index (χ3v) is 4.41. The molecule has 2 nitrogen and oxygen atoms in total. The van der Waals surface area contributed by atoms with Crippen molar-refractivity contribution in [3.05, 3.63) is 29.3 Å². The number of hydrogen-bond acceptors (Lipinski definition) is 2. The Morgan fingerprint density at radius 3 is 3.00 bits per heavy atom. The summed E-state index contributed by atoms with van der Waals surface area (Å²) in [6.07, 6.45) is 5.23. The van der Waals surface area contributed by atoms with E-state index in [1.54, 1.807) is 12.7 Å². The van der Waals surface area contributed by atoms with Crippen LogP contribution in [0.25, 0.3) is 0 Å². The van der Waals surface area contributed by atoms with E-state index in [1.807, 2.05) is 0 Å². The van der Waals surface area contributed by atoms with Crippen molar-refractivity contribution < 1.29 is 4.74 Å². The first-order valence-corrected chi connectivity index (χ1v) is 6.72. The van der Waals surface area contributed by atoms with Gasteiger partial charge in [-0.3, -0.25) is 4.90 Å². The lowest BCUT2D eigenvalue weighted by Gasteiger charge is -2.44. The van der Waals surface area contributed by atoms with Crippen LogP contribution in [0.15, 0.2) is 18.2 Å². The number of rotatable bonds is 1. The average Bonchev–Trinajstić information content (AvgIpc) is 2.38. The van der Waals surface area contributed by atoms with E-state index in [0.717, 1.165) is 11.8 Å². The summed E-state index contributed by atoms with van der Waals surface area (Å²) >= 11 is 0. The van der Waals surface area contributed by atoms with Crippen molar-refractivity contribution in [1.82, 2.24) is 4.90 Å². The van der Waals surface area contributed by atoms with Crippen LogP contribution in [0.4, 0.5) is 0 Å². The average molecular weight is 231 g/mol. The standard InChI is InChI=1S/C15H21NO/c1-11-4-3-5-15-14-7-6-13(17-2)10-12(14)8-9-16(11)15/h6-7,10-11,15H,3-5,8-9H2,1-2H3. The van der Waals surface area contributed by atoms with Crippen LogP contribution in [0.3, 0.4) is 0 Å². The number of piperidine rings is 1. The van der Waals surface area contributed by atoms with Crippen molar-refractivity contribution in [3.63, 3.8) is 0 Å². The fourth-order valence-electron chi connectivity index (χ4n) is 3.46. The fourth-order valence-corrected chi connectivity index (χ4v) is 3.46. The summed E-state index contributed by atoms with van der Waals surface area (Å²) in [5.74, 6) is 1.00. The Bertz CT molecular complexity index is 415. The topological polar surface area (TPSA) is 12.5 Å². The molecule has 1 fully saturated rings. The van der Waals surface area contributed by atoms with Gasteiger partial charge in [0.2, 0.25) is 0 Å². The first kappa shape index (κ1) is 11.1. The van der Waals surface area contributed by atoms with Gasteiger partial charge < -0.3 is 4.74 Å². The maximum absolute atomic E-state index is 5.32. The second kappa shape index (κ2) is 4.34. The predicted molar refractivity (Wildman–Crippen MR) is 69.5 cm³/mol. The zero-order chi connectivity index (χ0) is 11.8. The molecule has 17 heavy (non-hydrogen) atoms. The number of nitrogens with zero attached hydrogens (tertiary/aromatic N) is 1. The van der Waals surface area contributed by atoms with Crippen LogP contribution in [0.1, 0.15) is 43.4 Å². The Hall–Kier alpha value is -1.02. The highest BCUT2D eigenvalue weighted by Crippen LogP contribution is 2.39. The molecule has 2 heteroatoms. The summed E-state index contributed by atoms with van der Waals surface area (Å²) in [5, 5.41) is 0. The number of fused-ring (bicyclic) bond motifs is 3. The van der Waals surface area contributed by atoms with Gasteiger partial charge in [-0.25, -0.2) is 0 Å². The molecular formula is C15H21NO. The van der Waals surface area contributed by atoms with Gasteiger partial charge in [0.25, 0.3) is 0 Å². The Kier molecular flexibility index (Phi) is 2.83. The van der Waals surface area contributed by atoms with Gasteiger partial charge in [-0.2, -0.15) is 0 Å². The van der Waals surface area contributed by atoms with E-state index in [0.29, 0.717) is 6.04 Å². The molecule has 0 spiro atoms. The van der Waals surface area contributed by atoms with Gasteiger partial charge in [-0.05, 0) is 49.4 Å². The molecule has 3 rings (SSSR count). The molecule has 1 aromatic carbocycles. The van der Waals surface area contributed by atoms with Gasteiger partial charge in [0.05, 0.1) is 7.11 Å². The zero-order valence-corrected chi connectivity index (χ0v) is 10.8. The molecule has 0 aromatic heterocycles. The smallest absolute Gasteiger partial charge is 0.119 e. The van der Waals surface area contributed by atoms with E-state index in [4.69, 9.17) is 4.74 Å². The van der Waals surface area contributed by atoms with Crippen molar-refractivity contribution in [2.24, 2.45) is 0 Å². The molecule has 2 unspecified atom stereocenters. The molecule has 2 atom stereocenters. The maximum Gasteiger partial charge on any atom is 0.119 e. The molecule has 2 aliphatic heterocycles. The number of methoxy groups -OCH3 is 1. The van der Waals surface area contributed by atoms with Gasteiger partial charge >= 0.3 is 0 Å². The summed E-state index contributed by atoms with van der Waals surface area (Å²) in [4.78, 5) is 2.69. The highest BCUT2D eigenvalue weighted by molar-refractivity contribution is 5.39. The number of benzene rings is 1. The van der Waals surface area contributed by atoms with Crippen LogP contribution in [-0.2, 0) is 6.42 Å². The van der Waals surface area contributed by atoms with Crippen molar-refractivity contribution in [2.75, 3.05) is 13.7 Å². The third-order valence-electron chi connectivity index (χ3n) is 4.41. The lowest BCUT2D eigenvalue weighted by molar-refractivity contribution is 0.0842. The lowest BCUT2D eigenvalue weighted by Crippen LogP contribution is -2.44. The second-order valence-electron chi connectivity index (χ2n) is 5.35. The first-order chi connectivity index (χ1) is 8.29. The van der Waals surface area contributed by atoms with E-state index in [-0.39, 0.29) is 0 Å². The molecule has 0 radical (unpaired) electrons. The van der Waals surface area contributed by atoms with E-state index < -0.39 is 0 Å². The van der Waals surface area contributed by atoms with Crippen molar-refractivity contribution >= 4 is 0 Å². The predicted octanol–water partition coefficient (Wildman–Crippen LogP) is 3.17. The minimum absolute atomic E-state index is 0.661. The van der Waals surface area contributed by atoms with Gasteiger partial charge in [0.15, 0.2) is 0 Å². The summed E-state index contributed by atoms with van der Waals surface area (Å²) in [5.41, 5.74) is 3.04. The van der Waals surface area contributed by atoms with Gasteiger partial charge in [-0.15, -0.1) is 0 Å². The highest BCUT2D eigenvalue weighted by Gasteiger charge is 2.33. The molecule has 2 heterocycles. The largest absolute Gasteiger partial charge is 0.497 e. The molecule has 0 bridgehead atoms. The molecule has 0 saturated carbocycles. The van der Waals surface area contributed by atoms with E-state index in [2.05, 4.69) is 30.0 Å². The fraction of sp³-hybridized carbons (Fsp3) is 0.600. The minimum Gasteiger partial charge on any atom is -0.497 e. The van der Waals surface area contributed by atoms with Crippen LogP contribution >= 0.6 is 0 Å². The molecule has 1 saturated heterocycles. The SMILES string of the molecule is COc1ccc2c(c1)CCN1C(C)CCCC21. The molecule has 1 aromatic rings. The highest BCUT2D eigenvalue weighted by atomic mass is 16.5. The Morgan fingerprint density at radius 2 is 2.18 bits per heavy atom. The number of hydrogen-bond donors (Lipinski definition) is 0. The minimum atomic E-state index is 0.661. The van der Waals surface area contributed by atoms with Crippen LogP contribution < -0.4 is 4.74 Å². The van der Waals surface area contributed by atoms with Crippen LogP contribution in [0, 0.1) is 0 Å². The molecule has 92 valence electrons. The summed E-state index contributed by atoms with van der Waals surface area (Å²) in [6, 6.07) is 8.04. The van der Waals surface area contributed by atoms with Gasteiger partial charge in [0, 0.05) is 18.6 Å². The van der Waals surface area contributed by atoms with Crippen LogP contribution in [-0.4, -0.2) is 24.6 Å². The quantitative estimate of drug-likeness (QED) is 0.736. The maximum atomic E-state index is 5.32. The molecule has 0 aliphatic carbocycles. The summed E-state index contributed by atoms with van der Waals surface area (Å²) in [6.45, 7) is 3.59. The van der Waals surface area contributed by atoms with Crippen LogP contribution in [0.5, 0.6) is 5.75 Å². The second-order valence-corrected chi connectivity index (χ2v) is 5.35. The van der Waals surface area contributed by atoms with Crippen molar-refractivity contribution in [1.29, 1.82) is 0 Å². The Labute approximate surface area is 104 Å². The molecule has 2 aliphatic rings. The van der Waals surface area contributed by atoms with E-state index >= 15 is 0 Å². The van der Waals surface area contributed by atoms with Gasteiger partial charge in [0.1, 0.15) is 5.75 Å². The normalized spacial score (nSPS) is 28.4. The van der Waals surface area contributed by atoms with Crippen molar-refractivity contribution in [2.45, 2.75) is 44.7 Å². The number of ether oxygens (including phenoxy) is 1. The van der Waals surface area contributed by atoms with Gasteiger partial charge in [-0.1, -0.05) is 12.5 Å².